The van der Waals surface area contributed by atoms with Crippen LogP contribution in [0.1, 0.15) is 49.4 Å². The number of nitrogens with zero attached hydrogens (tertiary/aromatic N) is 3. The molecule has 1 unspecified atom stereocenters. The highest BCUT2D eigenvalue weighted by molar-refractivity contribution is 5.94. The third-order valence-electron chi connectivity index (χ3n) is 4.20. The minimum atomic E-state index is 0.123. The number of carbonyl (C=O) groups excluding carboxylic acids is 1. The molecule has 5 nitrogen and oxygen atoms in total. The first kappa shape index (κ1) is 14.8. The van der Waals surface area contributed by atoms with Crippen molar-refractivity contribution in [1.29, 1.82) is 0 Å². The van der Waals surface area contributed by atoms with Gasteiger partial charge in [-0.25, -0.2) is 0 Å². The molecule has 5 heteroatoms. The van der Waals surface area contributed by atoms with Gasteiger partial charge >= 0.3 is 0 Å². The van der Waals surface area contributed by atoms with E-state index in [1.54, 1.807) is 6.92 Å². The first-order chi connectivity index (χ1) is 10.6. The predicted octanol–water partition coefficient (Wildman–Crippen LogP) is 3.24. The first-order valence-corrected chi connectivity index (χ1v) is 7.83. The molecule has 1 amide bonds. The topological polar surface area (TPSA) is 59.2 Å². The van der Waals surface area contributed by atoms with Crippen molar-refractivity contribution in [3.63, 3.8) is 0 Å². The average molecular weight is 299 g/mol. The zero-order valence-corrected chi connectivity index (χ0v) is 13.1. The fraction of sp³-hybridized carbons (Fsp3) is 0.471. The summed E-state index contributed by atoms with van der Waals surface area (Å²) in [6.07, 6.45) is 3.03. The Morgan fingerprint density at radius 3 is 3.00 bits per heavy atom. The van der Waals surface area contributed by atoms with Gasteiger partial charge in [0.1, 0.15) is 0 Å². The second-order valence-corrected chi connectivity index (χ2v) is 5.88. The number of para-hydroxylation sites is 1. The first-order valence-electron chi connectivity index (χ1n) is 7.83. The van der Waals surface area contributed by atoms with Crippen LogP contribution in [0.4, 0.5) is 5.69 Å². The van der Waals surface area contributed by atoms with Crippen LogP contribution in [-0.4, -0.2) is 22.6 Å². The summed E-state index contributed by atoms with van der Waals surface area (Å²) in [6.45, 7) is 4.79. The average Bonchev–Trinajstić information content (AvgIpc) is 2.86. The molecule has 1 aromatic heterocycles. The van der Waals surface area contributed by atoms with E-state index in [9.17, 15) is 4.79 Å². The van der Waals surface area contributed by atoms with Crippen molar-refractivity contribution in [2.45, 2.75) is 45.4 Å². The fourth-order valence-electron chi connectivity index (χ4n) is 3.03. The SMILES string of the molecule is Cc1noc(CCC(=O)N2CCCC(C)c3ccccc32)n1. The fourth-order valence-corrected chi connectivity index (χ4v) is 3.03. The number of benzene rings is 1. The van der Waals surface area contributed by atoms with Gasteiger partial charge in [0, 0.05) is 25.1 Å². The number of hydrogen-bond acceptors (Lipinski definition) is 4. The summed E-state index contributed by atoms with van der Waals surface area (Å²) in [7, 11) is 0. The third-order valence-corrected chi connectivity index (χ3v) is 4.20. The minimum Gasteiger partial charge on any atom is -0.339 e. The van der Waals surface area contributed by atoms with Gasteiger partial charge in [-0.1, -0.05) is 30.3 Å². The van der Waals surface area contributed by atoms with Crippen molar-refractivity contribution in [1.82, 2.24) is 10.1 Å². The molecule has 2 aromatic rings. The Balaban J connectivity index is 1.75. The second-order valence-electron chi connectivity index (χ2n) is 5.88. The zero-order valence-electron chi connectivity index (χ0n) is 13.1. The zero-order chi connectivity index (χ0) is 15.5. The van der Waals surface area contributed by atoms with Crippen molar-refractivity contribution in [2.24, 2.45) is 0 Å². The summed E-state index contributed by atoms with van der Waals surface area (Å²) in [5.41, 5.74) is 2.32. The molecule has 0 N–H and O–H groups in total. The predicted molar refractivity (Wildman–Crippen MR) is 83.8 cm³/mol. The van der Waals surface area contributed by atoms with Crippen molar-refractivity contribution in [3.8, 4) is 0 Å². The van der Waals surface area contributed by atoms with E-state index in [2.05, 4.69) is 23.1 Å². The van der Waals surface area contributed by atoms with Gasteiger partial charge in [0.05, 0.1) is 0 Å². The van der Waals surface area contributed by atoms with Gasteiger partial charge in [-0.3, -0.25) is 4.79 Å². The molecule has 0 saturated heterocycles. The van der Waals surface area contributed by atoms with Crippen LogP contribution in [0.25, 0.3) is 0 Å². The highest BCUT2D eigenvalue weighted by Crippen LogP contribution is 2.34. The number of aryl methyl sites for hydroxylation is 2. The van der Waals surface area contributed by atoms with Crippen molar-refractivity contribution >= 4 is 11.6 Å². The Hall–Kier alpha value is -2.17. The van der Waals surface area contributed by atoms with Gasteiger partial charge in [-0.05, 0) is 37.3 Å². The number of fused-ring (bicyclic) bond motifs is 1. The lowest BCUT2D eigenvalue weighted by Crippen LogP contribution is -2.31. The molecular weight excluding hydrogens is 278 g/mol. The van der Waals surface area contributed by atoms with Crippen molar-refractivity contribution in [2.75, 3.05) is 11.4 Å². The minimum absolute atomic E-state index is 0.123. The summed E-state index contributed by atoms with van der Waals surface area (Å²) in [4.78, 5) is 18.7. The van der Waals surface area contributed by atoms with E-state index in [1.165, 1.54) is 5.56 Å². The molecule has 0 saturated carbocycles. The molecule has 0 fully saturated rings. The Labute approximate surface area is 130 Å². The molecule has 1 aliphatic heterocycles. The molecule has 22 heavy (non-hydrogen) atoms. The second kappa shape index (κ2) is 6.30. The van der Waals surface area contributed by atoms with Crippen LogP contribution in [0, 0.1) is 6.92 Å². The lowest BCUT2D eigenvalue weighted by Gasteiger charge is -2.23. The molecule has 0 aliphatic carbocycles. The van der Waals surface area contributed by atoms with Crippen molar-refractivity contribution in [3.05, 3.63) is 41.5 Å². The van der Waals surface area contributed by atoms with Crippen LogP contribution in [0.5, 0.6) is 0 Å². The summed E-state index contributed by atoms with van der Waals surface area (Å²) >= 11 is 0. The van der Waals surface area contributed by atoms with Crippen LogP contribution in [0.15, 0.2) is 28.8 Å². The largest absolute Gasteiger partial charge is 0.339 e. The number of aromatic nitrogens is 2. The van der Waals surface area contributed by atoms with Crippen LogP contribution < -0.4 is 4.90 Å². The molecule has 3 rings (SSSR count). The number of anilines is 1. The van der Waals surface area contributed by atoms with Crippen LogP contribution in [0.2, 0.25) is 0 Å². The highest BCUT2D eigenvalue weighted by Gasteiger charge is 2.24. The highest BCUT2D eigenvalue weighted by atomic mass is 16.5. The Kier molecular flexibility index (Phi) is 4.22. The monoisotopic (exact) mass is 299 g/mol. The van der Waals surface area contributed by atoms with E-state index in [0.717, 1.165) is 25.1 Å². The van der Waals surface area contributed by atoms with E-state index >= 15 is 0 Å². The maximum Gasteiger partial charge on any atom is 0.227 e. The molecule has 0 spiro atoms. The van der Waals surface area contributed by atoms with Crippen LogP contribution in [-0.2, 0) is 11.2 Å². The Morgan fingerprint density at radius 2 is 2.23 bits per heavy atom. The van der Waals surface area contributed by atoms with Gasteiger partial charge < -0.3 is 9.42 Å². The molecule has 0 radical (unpaired) electrons. The van der Waals surface area contributed by atoms with Gasteiger partial charge in [0.2, 0.25) is 11.8 Å². The Morgan fingerprint density at radius 1 is 1.41 bits per heavy atom. The van der Waals surface area contributed by atoms with Gasteiger partial charge in [0.15, 0.2) is 5.82 Å². The van der Waals surface area contributed by atoms with E-state index in [4.69, 9.17) is 4.52 Å². The lowest BCUT2D eigenvalue weighted by atomic mass is 9.96. The van der Waals surface area contributed by atoms with Crippen molar-refractivity contribution < 1.29 is 9.32 Å². The summed E-state index contributed by atoms with van der Waals surface area (Å²) in [5, 5.41) is 3.76. The quantitative estimate of drug-likeness (QED) is 0.873. The number of rotatable bonds is 3. The van der Waals surface area contributed by atoms with E-state index in [1.807, 2.05) is 23.1 Å². The molecule has 1 aliphatic rings. The van der Waals surface area contributed by atoms with E-state index in [-0.39, 0.29) is 5.91 Å². The van der Waals surface area contributed by atoms with Crippen LogP contribution >= 0.6 is 0 Å². The summed E-state index contributed by atoms with van der Waals surface area (Å²) < 4.78 is 5.08. The smallest absolute Gasteiger partial charge is 0.227 e. The van der Waals surface area contributed by atoms with Gasteiger partial charge in [-0.2, -0.15) is 4.98 Å². The summed E-state index contributed by atoms with van der Waals surface area (Å²) in [6, 6.07) is 8.22. The normalized spacial score (nSPS) is 17.9. The molecule has 2 heterocycles. The van der Waals surface area contributed by atoms with Gasteiger partial charge in [0.25, 0.3) is 0 Å². The van der Waals surface area contributed by atoms with Gasteiger partial charge in [-0.15, -0.1) is 0 Å². The van der Waals surface area contributed by atoms with E-state index in [0.29, 0.717) is 30.5 Å². The summed E-state index contributed by atoms with van der Waals surface area (Å²) in [5.74, 6) is 1.75. The number of amides is 1. The third kappa shape index (κ3) is 3.03. The van der Waals surface area contributed by atoms with E-state index < -0.39 is 0 Å². The lowest BCUT2D eigenvalue weighted by molar-refractivity contribution is -0.118. The number of carbonyl (C=O) groups is 1. The molecule has 0 bridgehead atoms. The van der Waals surface area contributed by atoms with Crippen LogP contribution in [0.3, 0.4) is 0 Å². The molecule has 116 valence electrons. The molecular formula is C17H21N3O2. The standard InChI is InChI=1S/C17H21N3O2/c1-12-6-5-11-20(15-8-4-3-7-14(12)15)17(21)10-9-16-18-13(2)19-22-16/h3-4,7-8,12H,5-6,9-11H2,1-2H3. The molecule has 1 atom stereocenters. The maximum absolute atomic E-state index is 12.6. The Bertz CT molecular complexity index is 665. The maximum atomic E-state index is 12.6. The number of hydrogen-bond donors (Lipinski definition) is 0. The molecule has 1 aromatic carbocycles.